The van der Waals surface area contributed by atoms with Gasteiger partial charge in [-0.05, 0) is 18.2 Å². The molecule has 1 rings (SSSR count). The second kappa shape index (κ2) is 6.36. The minimum atomic E-state index is -0.0271. The zero-order valence-corrected chi connectivity index (χ0v) is 9.95. The lowest BCUT2D eigenvalue weighted by atomic mass is 10.1. The molecule has 0 unspecified atom stereocenters. The van der Waals surface area contributed by atoms with E-state index in [9.17, 15) is 5.11 Å². The Morgan fingerprint density at radius 3 is 2.38 bits per heavy atom. The number of aliphatic hydroxyl groups is 1. The highest BCUT2D eigenvalue weighted by molar-refractivity contribution is 6.30. The normalized spacial score (nSPS) is 9.88. The van der Waals surface area contributed by atoms with Crippen molar-refractivity contribution in [3.63, 3.8) is 0 Å². The predicted octanol–water partition coefficient (Wildman–Crippen LogP) is 3.01. The van der Waals surface area contributed by atoms with Crippen LogP contribution in [0.15, 0.2) is 43.5 Å². The van der Waals surface area contributed by atoms with Gasteiger partial charge in [-0.1, -0.05) is 23.8 Å². The van der Waals surface area contributed by atoms with Crippen LogP contribution < -0.4 is 4.90 Å². The molecule has 86 valence electrons. The lowest BCUT2D eigenvalue weighted by Crippen LogP contribution is -2.24. The van der Waals surface area contributed by atoms with Gasteiger partial charge in [-0.3, -0.25) is 0 Å². The highest BCUT2D eigenvalue weighted by atomic mass is 35.5. The Balaban J connectivity index is 3.06. The summed E-state index contributed by atoms with van der Waals surface area (Å²) in [6, 6.07) is 5.49. The number of nitrogens with zero attached hydrogens (tertiary/aromatic N) is 1. The molecule has 0 amide bonds. The zero-order chi connectivity index (χ0) is 12.0. The van der Waals surface area contributed by atoms with Crippen molar-refractivity contribution in [3.8, 4) is 0 Å². The van der Waals surface area contributed by atoms with Crippen molar-refractivity contribution in [2.24, 2.45) is 0 Å². The third-order valence-corrected chi connectivity index (χ3v) is 2.49. The van der Waals surface area contributed by atoms with E-state index in [1.54, 1.807) is 6.07 Å². The van der Waals surface area contributed by atoms with E-state index in [-0.39, 0.29) is 6.61 Å². The van der Waals surface area contributed by atoms with Crippen molar-refractivity contribution in [2.75, 3.05) is 18.0 Å². The molecule has 0 spiro atoms. The maximum Gasteiger partial charge on any atom is 0.0702 e. The van der Waals surface area contributed by atoms with Gasteiger partial charge in [0.25, 0.3) is 0 Å². The van der Waals surface area contributed by atoms with Gasteiger partial charge in [0.05, 0.1) is 6.61 Å². The number of hydrogen-bond donors (Lipinski definition) is 1. The largest absolute Gasteiger partial charge is 0.392 e. The van der Waals surface area contributed by atoms with Crippen LogP contribution >= 0.6 is 11.6 Å². The molecule has 3 heteroatoms. The highest BCUT2D eigenvalue weighted by Gasteiger charge is 2.08. The smallest absolute Gasteiger partial charge is 0.0702 e. The van der Waals surface area contributed by atoms with Gasteiger partial charge in [-0.15, -0.1) is 13.2 Å². The van der Waals surface area contributed by atoms with E-state index in [4.69, 9.17) is 11.6 Å². The van der Waals surface area contributed by atoms with E-state index in [0.717, 1.165) is 11.3 Å². The van der Waals surface area contributed by atoms with Crippen LogP contribution in [0.3, 0.4) is 0 Å². The van der Waals surface area contributed by atoms with Crippen LogP contribution in [0.2, 0.25) is 5.02 Å². The van der Waals surface area contributed by atoms with Gasteiger partial charge in [0, 0.05) is 29.4 Å². The minimum absolute atomic E-state index is 0.0271. The molecule has 1 N–H and O–H groups in total. The number of hydrogen-bond acceptors (Lipinski definition) is 2. The summed E-state index contributed by atoms with van der Waals surface area (Å²) in [5.41, 5.74) is 1.78. The molecule has 16 heavy (non-hydrogen) atoms. The van der Waals surface area contributed by atoms with Crippen LogP contribution in [0.4, 0.5) is 5.69 Å². The molecule has 0 radical (unpaired) electrons. The first-order chi connectivity index (χ1) is 7.72. The molecule has 0 fully saturated rings. The minimum Gasteiger partial charge on any atom is -0.392 e. The number of benzene rings is 1. The quantitative estimate of drug-likeness (QED) is 0.769. The van der Waals surface area contributed by atoms with Crippen LogP contribution in [0.5, 0.6) is 0 Å². The summed E-state index contributed by atoms with van der Waals surface area (Å²) >= 11 is 5.88. The van der Waals surface area contributed by atoms with Gasteiger partial charge in [0.1, 0.15) is 0 Å². The Hall–Kier alpha value is -1.25. The number of aliphatic hydroxyl groups excluding tert-OH is 1. The predicted molar refractivity (Wildman–Crippen MR) is 70.0 cm³/mol. The van der Waals surface area contributed by atoms with Crippen LogP contribution in [0.25, 0.3) is 0 Å². The second-order valence-corrected chi connectivity index (χ2v) is 3.85. The Bertz CT molecular complexity index is 366. The maximum absolute atomic E-state index is 9.29. The van der Waals surface area contributed by atoms with Gasteiger partial charge in [-0.2, -0.15) is 0 Å². The summed E-state index contributed by atoms with van der Waals surface area (Å²) in [6.07, 6.45) is 3.64. The number of anilines is 1. The molecule has 1 aromatic rings. The molecule has 0 aliphatic heterocycles. The molecule has 0 saturated carbocycles. The standard InChI is InChI=1S/C13H16ClNO/c1-3-7-15(8-4-2)13-6-5-12(14)9-11(13)10-16/h3-6,9,16H,1-2,7-8,10H2. The summed E-state index contributed by atoms with van der Waals surface area (Å²) in [7, 11) is 0. The monoisotopic (exact) mass is 237 g/mol. The van der Waals surface area contributed by atoms with Gasteiger partial charge in [-0.25, -0.2) is 0 Å². The van der Waals surface area contributed by atoms with Crippen molar-refractivity contribution >= 4 is 17.3 Å². The van der Waals surface area contributed by atoms with E-state index in [0.29, 0.717) is 18.1 Å². The fourth-order valence-corrected chi connectivity index (χ4v) is 1.77. The number of halogens is 1. The fourth-order valence-electron chi connectivity index (χ4n) is 1.57. The first-order valence-electron chi connectivity index (χ1n) is 5.09. The van der Waals surface area contributed by atoms with Gasteiger partial charge >= 0.3 is 0 Å². The van der Waals surface area contributed by atoms with Crippen molar-refractivity contribution in [1.29, 1.82) is 0 Å². The Kier molecular flexibility index (Phi) is 5.09. The third-order valence-electron chi connectivity index (χ3n) is 2.25. The lowest BCUT2D eigenvalue weighted by molar-refractivity contribution is 0.282. The molecule has 2 nitrogen and oxygen atoms in total. The zero-order valence-electron chi connectivity index (χ0n) is 9.19. The highest BCUT2D eigenvalue weighted by Crippen LogP contribution is 2.24. The maximum atomic E-state index is 9.29. The Labute approximate surface area is 101 Å². The third kappa shape index (κ3) is 3.12. The van der Waals surface area contributed by atoms with E-state index < -0.39 is 0 Å². The topological polar surface area (TPSA) is 23.5 Å². The van der Waals surface area contributed by atoms with Crippen LogP contribution in [0.1, 0.15) is 5.56 Å². The second-order valence-electron chi connectivity index (χ2n) is 3.41. The molecule has 0 aromatic heterocycles. The van der Waals surface area contributed by atoms with Crippen LogP contribution in [-0.4, -0.2) is 18.2 Å². The van der Waals surface area contributed by atoms with Crippen molar-refractivity contribution < 1.29 is 5.11 Å². The van der Waals surface area contributed by atoms with Crippen LogP contribution in [0, 0.1) is 0 Å². The van der Waals surface area contributed by atoms with Crippen molar-refractivity contribution in [1.82, 2.24) is 0 Å². The van der Waals surface area contributed by atoms with Crippen molar-refractivity contribution in [3.05, 3.63) is 54.1 Å². The number of rotatable bonds is 6. The van der Waals surface area contributed by atoms with E-state index in [1.165, 1.54) is 0 Å². The van der Waals surface area contributed by atoms with E-state index in [1.807, 2.05) is 24.3 Å². The molecule has 0 aliphatic carbocycles. The van der Waals surface area contributed by atoms with Gasteiger partial charge in [0.15, 0.2) is 0 Å². The summed E-state index contributed by atoms with van der Waals surface area (Å²) < 4.78 is 0. The Morgan fingerprint density at radius 1 is 1.25 bits per heavy atom. The summed E-state index contributed by atoms with van der Waals surface area (Å²) in [4.78, 5) is 2.07. The first kappa shape index (κ1) is 12.8. The van der Waals surface area contributed by atoms with Crippen LogP contribution in [-0.2, 0) is 6.61 Å². The molecule has 1 aromatic carbocycles. The molecule has 0 aliphatic rings. The SMILES string of the molecule is C=CCN(CC=C)c1ccc(Cl)cc1CO. The molecular weight excluding hydrogens is 222 g/mol. The molecule has 0 atom stereocenters. The lowest BCUT2D eigenvalue weighted by Gasteiger charge is -2.24. The van der Waals surface area contributed by atoms with E-state index >= 15 is 0 Å². The molecular formula is C13H16ClNO. The molecule has 0 bridgehead atoms. The summed E-state index contributed by atoms with van der Waals surface area (Å²) in [6.45, 7) is 8.82. The van der Waals surface area contributed by atoms with Gasteiger partial charge < -0.3 is 10.0 Å². The average Bonchev–Trinajstić information content (AvgIpc) is 2.28. The van der Waals surface area contributed by atoms with E-state index in [2.05, 4.69) is 18.1 Å². The fraction of sp³-hybridized carbons (Fsp3) is 0.231. The summed E-state index contributed by atoms with van der Waals surface area (Å²) in [5.74, 6) is 0. The van der Waals surface area contributed by atoms with Gasteiger partial charge in [0.2, 0.25) is 0 Å². The van der Waals surface area contributed by atoms with Crippen molar-refractivity contribution in [2.45, 2.75) is 6.61 Å². The Morgan fingerprint density at radius 2 is 1.88 bits per heavy atom. The first-order valence-corrected chi connectivity index (χ1v) is 5.46. The molecule has 0 heterocycles. The molecule has 0 saturated heterocycles. The average molecular weight is 238 g/mol. The summed E-state index contributed by atoms with van der Waals surface area (Å²) in [5, 5.41) is 9.92.